The molecule has 0 atom stereocenters. The lowest BCUT2D eigenvalue weighted by Gasteiger charge is -2.32. The topological polar surface area (TPSA) is 25.4 Å². The van der Waals surface area contributed by atoms with Gasteiger partial charge in [-0.05, 0) is 43.4 Å². The minimum Gasteiger partial charge on any atom is -0.497 e. The lowest BCUT2D eigenvalue weighted by atomic mass is 9.89. The second-order valence-electron chi connectivity index (χ2n) is 5.29. The van der Waals surface area contributed by atoms with Gasteiger partial charge in [0.2, 0.25) is 0 Å². The average molecular weight is 288 g/mol. The summed E-state index contributed by atoms with van der Waals surface area (Å²) >= 11 is 1.79. The maximum Gasteiger partial charge on any atom is 0.185 e. The molecule has 2 heterocycles. The molecule has 2 aromatic rings. The van der Waals surface area contributed by atoms with Gasteiger partial charge in [-0.25, -0.2) is 4.98 Å². The van der Waals surface area contributed by atoms with Crippen molar-refractivity contribution in [2.24, 2.45) is 0 Å². The van der Waals surface area contributed by atoms with Crippen LogP contribution in [0.4, 0.5) is 5.13 Å². The number of aromatic nitrogens is 1. The molecule has 0 saturated carbocycles. The number of rotatable bonds is 3. The normalized spacial score (nSPS) is 16.4. The maximum atomic E-state index is 5.32. The Labute approximate surface area is 124 Å². The molecule has 3 rings (SSSR count). The summed E-state index contributed by atoms with van der Waals surface area (Å²) in [4.78, 5) is 8.19. The monoisotopic (exact) mass is 288 g/mol. The van der Waals surface area contributed by atoms with Crippen LogP contribution in [0.15, 0.2) is 30.5 Å². The Morgan fingerprint density at radius 2 is 2.10 bits per heavy atom. The van der Waals surface area contributed by atoms with Crippen molar-refractivity contribution >= 4 is 16.5 Å². The van der Waals surface area contributed by atoms with Crippen LogP contribution in [-0.2, 0) is 0 Å². The van der Waals surface area contributed by atoms with Crippen LogP contribution in [-0.4, -0.2) is 25.2 Å². The molecule has 1 saturated heterocycles. The van der Waals surface area contributed by atoms with E-state index in [0.29, 0.717) is 5.92 Å². The van der Waals surface area contributed by atoms with E-state index in [9.17, 15) is 0 Å². The molecular formula is C16H20N2OS. The van der Waals surface area contributed by atoms with Gasteiger partial charge < -0.3 is 9.64 Å². The molecule has 0 N–H and O–H groups in total. The van der Waals surface area contributed by atoms with Gasteiger partial charge in [0.05, 0.1) is 7.11 Å². The number of benzene rings is 1. The number of nitrogens with zero attached hydrogens (tertiary/aromatic N) is 2. The van der Waals surface area contributed by atoms with Crippen LogP contribution in [0, 0.1) is 6.92 Å². The van der Waals surface area contributed by atoms with Crippen LogP contribution in [0.3, 0.4) is 0 Å². The summed E-state index contributed by atoms with van der Waals surface area (Å²) in [7, 11) is 1.73. The SMILES string of the molecule is COc1cccc(C2CCN(c3ncc(C)s3)CC2)c1. The average Bonchev–Trinajstić information content (AvgIpc) is 2.94. The molecule has 20 heavy (non-hydrogen) atoms. The van der Waals surface area contributed by atoms with E-state index in [1.807, 2.05) is 12.3 Å². The highest BCUT2D eigenvalue weighted by atomic mass is 32.1. The lowest BCUT2D eigenvalue weighted by Crippen LogP contribution is -2.32. The largest absolute Gasteiger partial charge is 0.497 e. The Morgan fingerprint density at radius 1 is 1.30 bits per heavy atom. The Morgan fingerprint density at radius 3 is 2.75 bits per heavy atom. The van der Waals surface area contributed by atoms with Crippen molar-refractivity contribution in [2.45, 2.75) is 25.7 Å². The van der Waals surface area contributed by atoms with E-state index in [4.69, 9.17) is 4.74 Å². The summed E-state index contributed by atoms with van der Waals surface area (Å²) in [5.41, 5.74) is 1.40. The minimum atomic E-state index is 0.641. The van der Waals surface area contributed by atoms with E-state index in [1.54, 1.807) is 18.4 Å². The van der Waals surface area contributed by atoms with Crippen LogP contribution in [0.2, 0.25) is 0 Å². The predicted octanol–water partition coefficient (Wildman–Crippen LogP) is 3.84. The van der Waals surface area contributed by atoms with Gasteiger partial charge >= 0.3 is 0 Å². The number of anilines is 1. The van der Waals surface area contributed by atoms with Crippen molar-refractivity contribution in [1.82, 2.24) is 4.98 Å². The van der Waals surface area contributed by atoms with Crippen LogP contribution in [0.25, 0.3) is 0 Å². The molecule has 1 aromatic heterocycles. The van der Waals surface area contributed by atoms with E-state index in [1.165, 1.54) is 28.4 Å². The Kier molecular flexibility index (Phi) is 3.92. The minimum absolute atomic E-state index is 0.641. The summed E-state index contributed by atoms with van der Waals surface area (Å²) in [5.74, 6) is 1.60. The van der Waals surface area contributed by atoms with Crippen molar-refractivity contribution in [1.29, 1.82) is 0 Å². The molecule has 4 heteroatoms. The molecule has 1 fully saturated rings. The smallest absolute Gasteiger partial charge is 0.185 e. The van der Waals surface area contributed by atoms with Gasteiger partial charge in [0, 0.05) is 24.2 Å². The highest BCUT2D eigenvalue weighted by molar-refractivity contribution is 7.15. The van der Waals surface area contributed by atoms with Gasteiger partial charge in [0.15, 0.2) is 5.13 Å². The van der Waals surface area contributed by atoms with E-state index < -0.39 is 0 Å². The molecule has 0 amide bonds. The van der Waals surface area contributed by atoms with Gasteiger partial charge in [0.1, 0.15) is 5.75 Å². The maximum absolute atomic E-state index is 5.32. The van der Waals surface area contributed by atoms with E-state index in [0.717, 1.165) is 18.8 Å². The number of methoxy groups -OCH3 is 1. The lowest BCUT2D eigenvalue weighted by molar-refractivity contribution is 0.412. The molecular weight excluding hydrogens is 268 g/mol. The van der Waals surface area contributed by atoms with Crippen molar-refractivity contribution < 1.29 is 4.74 Å². The summed E-state index contributed by atoms with van der Waals surface area (Å²) in [6.45, 7) is 4.30. The van der Waals surface area contributed by atoms with E-state index in [-0.39, 0.29) is 0 Å². The summed E-state index contributed by atoms with van der Waals surface area (Å²) in [6.07, 6.45) is 4.34. The molecule has 106 valence electrons. The second kappa shape index (κ2) is 5.83. The standard InChI is InChI=1S/C16H20N2OS/c1-12-11-17-16(20-12)18-8-6-13(7-9-18)14-4-3-5-15(10-14)19-2/h3-5,10-11,13H,6-9H2,1-2H3. The molecule has 0 unspecified atom stereocenters. The van der Waals surface area contributed by atoms with Crippen molar-refractivity contribution in [3.8, 4) is 5.75 Å². The summed E-state index contributed by atoms with van der Waals surface area (Å²) in [5, 5.41) is 1.17. The third kappa shape index (κ3) is 2.80. The molecule has 0 aliphatic carbocycles. The van der Waals surface area contributed by atoms with Crippen molar-refractivity contribution in [2.75, 3.05) is 25.1 Å². The number of thiazole rings is 1. The van der Waals surface area contributed by atoms with E-state index in [2.05, 4.69) is 35.0 Å². The highest BCUT2D eigenvalue weighted by Gasteiger charge is 2.22. The zero-order chi connectivity index (χ0) is 13.9. The molecule has 0 bridgehead atoms. The van der Waals surface area contributed by atoms with Crippen LogP contribution >= 0.6 is 11.3 Å². The zero-order valence-electron chi connectivity index (χ0n) is 12.0. The van der Waals surface area contributed by atoms with Crippen LogP contribution in [0.1, 0.15) is 29.2 Å². The molecule has 1 aromatic carbocycles. The number of ether oxygens (including phenoxy) is 1. The first-order chi connectivity index (χ1) is 9.76. The Balaban J connectivity index is 1.66. The van der Waals surface area contributed by atoms with Crippen LogP contribution < -0.4 is 9.64 Å². The summed E-state index contributed by atoms with van der Waals surface area (Å²) < 4.78 is 5.32. The first-order valence-corrected chi connectivity index (χ1v) is 7.89. The van der Waals surface area contributed by atoms with Crippen molar-refractivity contribution in [3.05, 3.63) is 40.9 Å². The molecule has 0 radical (unpaired) electrons. The Hall–Kier alpha value is -1.55. The third-order valence-corrected chi connectivity index (χ3v) is 4.91. The van der Waals surface area contributed by atoms with Crippen molar-refractivity contribution in [3.63, 3.8) is 0 Å². The van der Waals surface area contributed by atoms with Crippen LogP contribution in [0.5, 0.6) is 5.75 Å². The fourth-order valence-corrected chi connectivity index (χ4v) is 3.60. The third-order valence-electron chi connectivity index (χ3n) is 3.94. The zero-order valence-corrected chi connectivity index (χ0v) is 12.8. The molecule has 0 spiro atoms. The number of hydrogen-bond donors (Lipinski definition) is 0. The number of piperidine rings is 1. The van der Waals surface area contributed by atoms with E-state index >= 15 is 0 Å². The molecule has 1 aliphatic heterocycles. The predicted molar refractivity (Wildman–Crippen MR) is 84.0 cm³/mol. The summed E-state index contributed by atoms with van der Waals surface area (Å²) in [6, 6.07) is 8.49. The van der Waals surface area contributed by atoms with Gasteiger partial charge in [-0.15, -0.1) is 11.3 Å². The second-order valence-corrected chi connectivity index (χ2v) is 6.50. The van der Waals surface area contributed by atoms with Gasteiger partial charge in [-0.1, -0.05) is 12.1 Å². The fraction of sp³-hybridized carbons (Fsp3) is 0.438. The highest BCUT2D eigenvalue weighted by Crippen LogP contribution is 2.33. The number of aryl methyl sites for hydroxylation is 1. The quantitative estimate of drug-likeness (QED) is 0.858. The molecule has 1 aliphatic rings. The first kappa shape index (κ1) is 13.4. The van der Waals surface area contributed by atoms with Gasteiger partial charge in [0.25, 0.3) is 0 Å². The van der Waals surface area contributed by atoms with Gasteiger partial charge in [-0.2, -0.15) is 0 Å². The Bertz CT molecular complexity index is 573. The first-order valence-electron chi connectivity index (χ1n) is 7.07. The number of hydrogen-bond acceptors (Lipinski definition) is 4. The fourth-order valence-electron chi connectivity index (χ4n) is 2.79. The van der Waals surface area contributed by atoms with Gasteiger partial charge in [-0.3, -0.25) is 0 Å². The molecule has 3 nitrogen and oxygen atoms in total.